The summed E-state index contributed by atoms with van der Waals surface area (Å²) in [6.07, 6.45) is 2.98. The van der Waals surface area contributed by atoms with E-state index in [1.165, 1.54) is 0 Å². The Hall–Kier alpha value is -1.66. The van der Waals surface area contributed by atoms with Crippen LogP contribution in [-0.2, 0) is 4.74 Å². The number of anilines is 1. The summed E-state index contributed by atoms with van der Waals surface area (Å²) in [6.45, 7) is 1.41. The Kier molecular flexibility index (Phi) is 6.75. The van der Waals surface area contributed by atoms with Gasteiger partial charge in [-0.1, -0.05) is 6.07 Å². The summed E-state index contributed by atoms with van der Waals surface area (Å²) in [6, 6.07) is 5.08. The van der Waals surface area contributed by atoms with Crippen LogP contribution in [0, 0.1) is 0 Å². The van der Waals surface area contributed by atoms with Gasteiger partial charge in [-0.05, 0) is 31.4 Å². The Bertz CT molecular complexity index is 371. The first-order valence-electron chi connectivity index (χ1n) is 5.98. The summed E-state index contributed by atoms with van der Waals surface area (Å²) in [5.41, 5.74) is 2.77. The number of amides is 1. The van der Waals surface area contributed by atoms with Crippen molar-refractivity contribution in [2.75, 3.05) is 25.7 Å². The molecule has 0 aromatic carbocycles. The van der Waals surface area contributed by atoms with Crippen LogP contribution in [0.3, 0.4) is 0 Å². The molecule has 1 aromatic rings. The molecule has 0 radical (unpaired) electrons. The maximum absolute atomic E-state index is 11.7. The second-order valence-corrected chi connectivity index (χ2v) is 3.86. The smallest absolute Gasteiger partial charge is 0.269 e. The molecule has 1 heterocycles. The predicted molar refractivity (Wildman–Crippen MR) is 70.1 cm³/mol. The highest BCUT2D eigenvalue weighted by atomic mass is 16.5. The molecule has 0 saturated heterocycles. The first-order valence-corrected chi connectivity index (χ1v) is 5.98. The zero-order valence-corrected chi connectivity index (χ0v) is 10.6. The van der Waals surface area contributed by atoms with E-state index in [4.69, 9.17) is 10.6 Å². The van der Waals surface area contributed by atoms with Crippen LogP contribution in [0.5, 0.6) is 0 Å². The van der Waals surface area contributed by atoms with Gasteiger partial charge in [0.2, 0.25) is 0 Å². The number of hydrogen-bond donors (Lipinski definition) is 3. The minimum absolute atomic E-state index is 0.182. The third kappa shape index (κ3) is 5.11. The molecule has 0 spiro atoms. The normalized spacial score (nSPS) is 10.1. The molecule has 4 N–H and O–H groups in total. The molecule has 1 aromatic heterocycles. The number of hydrogen-bond acceptors (Lipinski definition) is 5. The lowest BCUT2D eigenvalue weighted by molar-refractivity contribution is 0.0948. The number of nitrogens with two attached hydrogens (primary N) is 1. The number of aromatic nitrogens is 1. The van der Waals surface area contributed by atoms with Crippen molar-refractivity contribution in [1.29, 1.82) is 0 Å². The number of rotatable bonds is 8. The number of unbranched alkanes of at least 4 members (excludes halogenated alkanes) is 2. The summed E-state index contributed by atoms with van der Waals surface area (Å²) < 4.78 is 4.95. The van der Waals surface area contributed by atoms with Crippen molar-refractivity contribution in [2.45, 2.75) is 19.3 Å². The van der Waals surface area contributed by atoms with Gasteiger partial charge in [0.25, 0.3) is 5.91 Å². The molecule has 0 aliphatic carbocycles. The van der Waals surface area contributed by atoms with Crippen molar-refractivity contribution in [3.63, 3.8) is 0 Å². The highest BCUT2D eigenvalue weighted by Gasteiger charge is 2.06. The van der Waals surface area contributed by atoms with E-state index < -0.39 is 0 Å². The molecule has 0 aliphatic rings. The van der Waals surface area contributed by atoms with Gasteiger partial charge < -0.3 is 15.5 Å². The average Bonchev–Trinajstić information content (AvgIpc) is 2.42. The monoisotopic (exact) mass is 252 g/mol. The van der Waals surface area contributed by atoms with E-state index in [9.17, 15) is 4.79 Å². The summed E-state index contributed by atoms with van der Waals surface area (Å²) >= 11 is 0. The summed E-state index contributed by atoms with van der Waals surface area (Å²) in [4.78, 5) is 15.8. The number of nitrogens with one attached hydrogen (secondary N) is 2. The van der Waals surface area contributed by atoms with E-state index in [2.05, 4.69) is 15.7 Å². The zero-order chi connectivity index (χ0) is 13.2. The van der Waals surface area contributed by atoms with Crippen LogP contribution in [0.1, 0.15) is 29.8 Å². The molecule has 6 nitrogen and oxygen atoms in total. The maximum Gasteiger partial charge on any atom is 0.269 e. The minimum Gasteiger partial charge on any atom is -0.385 e. The van der Waals surface area contributed by atoms with Crippen molar-refractivity contribution in [1.82, 2.24) is 10.3 Å². The molecule has 1 amide bonds. The molecule has 18 heavy (non-hydrogen) atoms. The molecule has 0 atom stereocenters. The molecule has 0 aliphatic heterocycles. The molecule has 100 valence electrons. The van der Waals surface area contributed by atoms with Crippen LogP contribution >= 0.6 is 0 Å². The highest BCUT2D eigenvalue weighted by molar-refractivity contribution is 5.92. The number of pyridine rings is 1. The van der Waals surface area contributed by atoms with Gasteiger partial charge in [-0.15, -0.1) is 0 Å². The third-order valence-electron chi connectivity index (χ3n) is 2.44. The first kappa shape index (κ1) is 14.4. The van der Waals surface area contributed by atoms with E-state index in [0.717, 1.165) is 25.9 Å². The van der Waals surface area contributed by atoms with Gasteiger partial charge in [0, 0.05) is 20.3 Å². The van der Waals surface area contributed by atoms with Gasteiger partial charge in [0.05, 0.1) is 0 Å². The van der Waals surface area contributed by atoms with E-state index in [0.29, 0.717) is 18.1 Å². The SMILES string of the molecule is COCCCCCNC(=O)c1cccc(NN)n1. The lowest BCUT2D eigenvalue weighted by atomic mass is 10.2. The van der Waals surface area contributed by atoms with E-state index in [1.807, 2.05) is 0 Å². The number of carbonyl (C=O) groups is 1. The Morgan fingerprint density at radius 3 is 2.94 bits per heavy atom. The molecule has 0 saturated carbocycles. The number of hydrazine groups is 1. The summed E-state index contributed by atoms with van der Waals surface area (Å²) in [5, 5.41) is 2.82. The van der Waals surface area contributed by atoms with E-state index in [-0.39, 0.29) is 5.91 Å². The number of methoxy groups -OCH3 is 1. The average molecular weight is 252 g/mol. The van der Waals surface area contributed by atoms with Crippen molar-refractivity contribution in [3.05, 3.63) is 23.9 Å². The summed E-state index contributed by atoms with van der Waals surface area (Å²) in [5.74, 6) is 5.52. The van der Waals surface area contributed by atoms with Crippen molar-refractivity contribution < 1.29 is 9.53 Å². The van der Waals surface area contributed by atoms with Crippen molar-refractivity contribution in [3.8, 4) is 0 Å². The van der Waals surface area contributed by atoms with Crippen LogP contribution in [-0.4, -0.2) is 31.2 Å². The fourth-order valence-electron chi connectivity index (χ4n) is 1.48. The van der Waals surface area contributed by atoms with Crippen LogP contribution in [0.15, 0.2) is 18.2 Å². The topological polar surface area (TPSA) is 89.3 Å². The number of nitrogens with zero attached hydrogens (tertiary/aromatic N) is 1. The van der Waals surface area contributed by atoms with Gasteiger partial charge >= 0.3 is 0 Å². The molecule has 0 fully saturated rings. The molecular formula is C12H20N4O2. The maximum atomic E-state index is 11.7. The summed E-state index contributed by atoms with van der Waals surface area (Å²) in [7, 11) is 1.69. The Labute approximate surface area is 107 Å². The first-order chi connectivity index (χ1) is 8.77. The number of carbonyl (C=O) groups excluding carboxylic acids is 1. The Balaban J connectivity index is 2.27. The third-order valence-corrected chi connectivity index (χ3v) is 2.44. The standard InChI is InChI=1S/C12H20N4O2/c1-18-9-4-2-3-8-14-12(17)10-6-5-7-11(15-10)16-13/h5-7H,2-4,8-9,13H2,1H3,(H,14,17)(H,15,16). The van der Waals surface area contributed by atoms with E-state index in [1.54, 1.807) is 25.3 Å². The van der Waals surface area contributed by atoms with Gasteiger partial charge in [0.1, 0.15) is 11.5 Å². The second kappa shape index (κ2) is 8.43. The highest BCUT2D eigenvalue weighted by Crippen LogP contribution is 2.03. The molecule has 1 rings (SSSR count). The Morgan fingerprint density at radius 2 is 2.22 bits per heavy atom. The van der Waals surface area contributed by atoms with Gasteiger partial charge in [-0.3, -0.25) is 4.79 Å². The van der Waals surface area contributed by atoms with Gasteiger partial charge in [-0.25, -0.2) is 10.8 Å². The lowest BCUT2D eigenvalue weighted by Gasteiger charge is -2.06. The quantitative estimate of drug-likeness (QED) is 0.363. The van der Waals surface area contributed by atoms with Crippen LogP contribution < -0.4 is 16.6 Å². The van der Waals surface area contributed by atoms with Gasteiger partial charge in [-0.2, -0.15) is 0 Å². The zero-order valence-electron chi connectivity index (χ0n) is 10.6. The van der Waals surface area contributed by atoms with Crippen molar-refractivity contribution >= 4 is 11.7 Å². The van der Waals surface area contributed by atoms with Gasteiger partial charge in [0.15, 0.2) is 0 Å². The minimum atomic E-state index is -0.182. The predicted octanol–water partition coefficient (Wildman–Crippen LogP) is 0.914. The van der Waals surface area contributed by atoms with E-state index >= 15 is 0 Å². The van der Waals surface area contributed by atoms with Crippen LogP contribution in [0.25, 0.3) is 0 Å². The molecular weight excluding hydrogens is 232 g/mol. The second-order valence-electron chi connectivity index (χ2n) is 3.86. The molecule has 0 unspecified atom stereocenters. The fraction of sp³-hybridized carbons (Fsp3) is 0.500. The lowest BCUT2D eigenvalue weighted by Crippen LogP contribution is -2.25. The number of ether oxygens (including phenoxy) is 1. The molecule has 0 bridgehead atoms. The fourth-order valence-corrected chi connectivity index (χ4v) is 1.48. The van der Waals surface area contributed by atoms with Crippen LogP contribution in [0.4, 0.5) is 5.82 Å². The molecule has 6 heteroatoms. The largest absolute Gasteiger partial charge is 0.385 e. The van der Waals surface area contributed by atoms with Crippen molar-refractivity contribution in [2.24, 2.45) is 5.84 Å². The Morgan fingerprint density at radius 1 is 1.39 bits per heavy atom. The number of nitrogen functional groups attached to an aromatic ring is 1. The van der Waals surface area contributed by atoms with Crippen LogP contribution in [0.2, 0.25) is 0 Å².